The highest BCUT2D eigenvalue weighted by Gasteiger charge is 2.41. The smallest absolute Gasteiger partial charge is 0.407 e. The highest BCUT2D eigenvalue weighted by Crippen LogP contribution is 2.54. The Bertz CT molecular complexity index is 664. The van der Waals surface area contributed by atoms with Crippen LogP contribution in [-0.2, 0) is 18.6 Å². The predicted molar refractivity (Wildman–Crippen MR) is 109 cm³/mol. The maximum atomic E-state index is 12.5. The van der Waals surface area contributed by atoms with Gasteiger partial charge in [-0.2, -0.15) is 0 Å². The number of rotatable bonds is 8. The van der Waals surface area contributed by atoms with Gasteiger partial charge in [0.15, 0.2) is 0 Å². The van der Waals surface area contributed by atoms with Crippen LogP contribution in [0.25, 0.3) is 0 Å². The number of aliphatic imine (C=N–C) groups is 1. The maximum Gasteiger partial charge on any atom is 0.407 e. The summed E-state index contributed by atoms with van der Waals surface area (Å²) in [5.74, 6) is -0.431. The van der Waals surface area contributed by atoms with Crippen molar-refractivity contribution in [2.45, 2.75) is 90.7 Å². The minimum Gasteiger partial charge on any atom is -0.862 e. The van der Waals surface area contributed by atoms with Gasteiger partial charge in [0.05, 0.1) is 18.2 Å². The lowest BCUT2D eigenvalue weighted by Crippen LogP contribution is -2.52. The Kier molecular flexibility index (Phi) is 9.34. The number of ether oxygens (including phenoxy) is 2. The van der Waals surface area contributed by atoms with Crippen molar-refractivity contribution in [2.24, 2.45) is 4.99 Å². The molecule has 10 heteroatoms. The number of carbonyl (C=O) groups excluding carboxylic acids is 1. The lowest BCUT2D eigenvalue weighted by molar-refractivity contribution is -0.216. The van der Waals surface area contributed by atoms with Gasteiger partial charge in [-0.25, -0.2) is 4.79 Å². The molecular formula is C19H34N2O7P-. The van der Waals surface area contributed by atoms with E-state index >= 15 is 0 Å². The monoisotopic (exact) mass is 433 g/mol. The first-order chi connectivity index (χ1) is 13.3. The Balaban J connectivity index is 3.32. The zero-order valence-corrected chi connectivity index (χ0v) is 19.2. The van der Waals surface area contributed by atoms with Crippen molar-refractivity contribution in [3.05, 3.63) is 11.4 Å². The molecule has 0 radical (unpaired) electrons. The van der Waals surface area contributed by atoms with E-state index in [0.29, 0.717) is 12.8 Å². The largest absolute Gasteiger partial charge is 0.862 e. The highest BCUT2D eigenvalue weighted by molar-refractivity contribution is 7.57. The normalized spacial score (nSPS) is 25.3. The van der Waals surface area contributed by atoms with Crippen LogP contribution in [0, 0.1) is 0 Å². The summed E-state index contributed by atoms with van der Waals surface area (Å²) in [6, 6.07) is -1.54. The molecule has 1 unspecified atom stereocenters. The van der Waals surface area contributed by atoms with E-state index in [1.54, 1.807) is 20.8 Å². The fourth-order valence-corrected chi connectivity index (χ4v) is 4.05. The van der Waals surface area contributed by atoms with Gasteiger partial charge < -0.3 is 29.3 Å². The van der Waals surface area contributed by atoms with Crippen LogP contribution in [0.5, 0.6) is 0 Å². The van der Waals surface area contributed by atoms with Crippen molar-refractivity contribution < 1.29 is 33.4 Å². The van der Waals surface area contributed by atoms with Gasteiger partial charge >= 0.3 is 13.7 Å². The summed E-state index contributed by atoms with van der Waals surface area (Å²) in [7, 11) is -2.93. The first kappa shape index (κ1) is 25.6. The van der Waals surface area contributed by atoms with Crippen LogP contribution in [0.4, 0.5) is 4.79 Å². The molecule has 0 aromatic carbocycles. The quantitative estimate of drug-likeness (QED) is 0.342. The van der Waals surface area contributed by atoms with Gasteiger partial charge in [0.2, 0.25) is 0 Å². The third-order valence-electron chi connectivity index (χ3n) is 4.44. The molecule has 9 nitrogen and oxygen atoms in total. The van der Waals surface area contributed by atoms with Crippen LogP contribution in [0.2, 0.25) is 0 Å². The first-order valence-electron chi connectivity index (χ1n) is 9.79. The molecule has 1 rings (SSSR count). The lowest BCUT2D eigenvalue weighted by Gasteiger charge is -2.38. The summed E-state index contributed by atoms with van der Waals surface area (Å²) in [6.07, 6.45) is 1.28. The molecule has 0 aromatic rings. The van der Waals surface area contributed by atoms with Gasteiger partial charge in [-0.05, 0) is 52.5 Å². The average molecular weight is 433 g/mol. The number of alkyl carbamates (subject to hydrolysis) is 1. The minimum absolute atomic E-state index is 0.0227. The molecule has 1 aliphatic carbocycles. The minimum atomic E-state index is -4.07. The standard InChI is InChI=1S/C19H35N2O7P/c1-8-13(9-2)27-16-11-14(29(24,25)26-7)10-15(17(16)20-12(3)22)21-18(23)28-19(4,5)6/h11,13,15-17H,8-10H2,1-7H3,(H,20,22)(H,21,23)(H,24,25)/p-1/t15-,16+,17+/m0/s1. The van der Waals surface area contributed by atoms with Crippen molar-refractivity contribution in [1.82, 2.24) is 5.32 Å². The van der Waals surface area contributed by atoms with Crippen LogP contribution in [0.15, 0.2) is 16.4 Å². The zero-order valence-electron chi connectivity index (χ0n) is 18.3. The van der Waals surface area contributed by atoms with E-state index in [2.05, 4.69) is 10.3 Å². The molecule has 0 fully saturated rings. The second kappa shape index (κ2) is 10.6. The molecule has 1 amide bonds. The van der Waals surface area contributed by atoms with E-state index in [-0.39, 0.29) is 17.8 Å². The number of carbonyl (C=O) groups is 1. The summed E-state index contributed by atoms with van der Waals surface area (Å²) in [6.45, 7) is 10.4. The molecule has 1 aliphatic rings. The molecule has 29 heavy (non-hydrogen) atoms. The van der Waals surface area contributed by atoms with E-state index < -0.39 is 43.4 Å². The molecule has 4 atom stereocenters. The Morgan fingerprint density at radius 1 is 1.41 bits per heavy atom. The van der Waals surface area contributed by atoms with E-state index in [1.807, 2.05) is 13.8 Å². The van der Waals surface area contributed by atoms with Crippen LogP contribution in [0.1, 0.15) is 60.8 Å². The average Bonchev–Trinajstić information content (AvgIpc) is 2.59. The first-order valence-corrected chi connectivity index (χ1v) is 11.4. The van der Waals surface area contributed by atoms with Crippen molar-refractivity contribution in [2.75, 3.05) is 7.11 Å². The van der Waals surface area contributed by atoms with Crippen molar-refractivity contribution in [3.63, 3.8) is 0 Å². The Labute approximate surface area is 173 Å². The van der Waals surface area contributed by atoms with E-state index in [0.717, 1.165) is 7.11 Å². The molecule has 0 saturated carbocycles. The molecule has 0 heterocycles. The molecule has 0 aliphatic heterocycles. The van der Waals surface area contributed by atoms with E-state index in [4.69, 9.17) is 14.0 Å². The fourth-order valence-electron chi connectivity index (χ4n) is 3.05. The van der Waals surface area contributed by atoms with Crippen LogP contribution >= 0.6 is 7.60 Å². The molecule has 0 saturated heterocycles. The lowest BCUT2D eigenvalue weighted by atomic mass is 9.93. The van der Waals surface area contributed by atoms with Crippen molar-refractivity contribution in [1.29, 1.82) is 0 Å². The number of hydrogen-bond donors (Lipinski definition) is 2. The van der Waals surface area contributed by atoms with Gasteiger partial charge in [0.1, 0.15) is 11.7 Å². The molecule has 0 bridgehead atoms. The zero-order chi connectivity index (χ0) is 22.4. The molecule has 2 N–H and O–H groups in total. The predicted octanol–water partition coefficient (Wildman–Crippen LogP) is 2.72. The van der Waals surface area contributed by atoms with Gasteiger partial charge in [0, 0.05) is 18.8 Å². The molecular weight excluding hydrogens is 399 g/mol. The van der Waals surface area contributed by atoms with Crippen molar-refractivity contribution >= 4 is 19.6 Å². The third kappa shape index (κ3) is 8.09. The SMILES string of the molecule is CCC(CC)O[C@@H]1C=C(P(=O)(O)OC)C[C@H](NC(=O)OC(C)(C)C)[C@H]1N=C(C)[O-]. The fraction of sp³-hybridized carbons (Fsp3) is 0.789. The van der Waals surface area contributed by atoms with Gasteiger partial charge in [-0.1, -0.05) is 13.8 Å². The Morgan fingerprint density at radius 3 is 2.45 bits per heavy atom. The second-order valence-corrected chi connectivity index (χ2v) is 9.98. The Morgan fingerprint density at radius 2 is 2.00 bits per heavy atom. The summed E-state index contributed by atoms with van der Waals surface area (Å²) in [5, 5.41) is 14.5. The topological polar surface area (TPSA) is 130 Å². The van der Waals surface area contributed by atoms with Gasteiger partial charge in [0.25, 0.3) is 0 Å². The van der Waals surface area contributed by atoms with Crippen LogP contribution in [-0.4, -0.2) is 53.9 Å². The third-order valence-corrected chi connectivity index (χ3v) is 5.99. The van der Waals surface area contributed by atoms with Gasteiger partial charge in [-0.3, -0.25) is 9.56 Å². The van der Waals surface area contributed by atoms with E-state index in [9.17, 15) is 19.4 Å². The maximum absolute atomic E-state index is 12.5. The number of nitrogens with one attached hydrogen (secondary N) is 1. The van der Waals surface area contributed by atoms with Crippen LogP contribution < -0.4 is 10.4 Å². The molecule has 168 valence electrons. The molecule has 0 aromatic heterocycles. The summed E-state index contributed by atoms with van der Waals surface area (Å²) in [5.41, 5.74) is -0.727. The summed E-state index contributed by atoms with van der Waals surface area (Å²) < 4.78 is 28.6. The van der Waals surface area contributed by atoms with Crippen LogP contribution in [0.3, 0.4) is 0 Å². The number of amides is 1. The summed E-state index contributed by atoms with van der Waals surface area (Å²) in [4.78, 5) is 26.7. The Hall–Kier alpha value is -1.41. The second-order valence-electron chi connectivity index (χ2n) is 8.00. The van der Waals surface area contributed by atoms with Gasteiger partial charge in [-0.15, -0.1) is 0 Å². The molecule has 0 spiro atoms. The summed E-state index contributed by atoms with van der Waals surface area (Å²) >= 11 is 0. The van der Waals surface area contributed by atoms with Crippen molar-refractivity contribution in [3.8, 4) is 0 Å². The number of hydrogen-bond acceptors (Lipinski definition) is 7. The van der Waals surface area contributed by atoms with E-state index in [1.165, 1.54) is 13.0 Å². The number of nitrogens with zero attached hydrogens (tertiary/aromatic N) is 1. The highest BCUT2D eigenvalue weighted by atomic mass is 31.2.